The van der Waals surface area contributed by atoms with Crippen LogP contribution in [0.3, 0.4) is 0 Å². The second-order valence-corrected chi connectivity index (χ2v) is 0.0583. The van der Waals surface area contributed by atoms with E-state index in [-0.39, 0.29) is 29.2 Å². The van der Waals surface area contributed by atoms with Gasteiger partial charge in [0.05, 0.1) is 0 Å². The molecule has 2 nitrogen and oxygen atoms in total. The average molecular weight is 95.3 g/mol. The zero-order valence-electron chi connectivity index (χ0n) is 2.58. The van der Waals surface area contributed by atoms with E-state index < -0.39 is 0 Å². The van der Waals surface area contributed by atoms with Gasteiger partial charge >= 0.3 is 23.1 Å². The molecule has 0 aliphatic carbocycles. The summed E-state index contributed by atoms with van der Waals surface area (Å²) in [7, 11) is 0. The van der Waals surface area contributed by atoms with Gasteiger partial charge in [-0.1, -0.05) is 0 Å². The molecule has 0 bridgehead atoms. The molecule has 5 heteroatoms. The molecule has 0 saturated heterocycles. The Morgan fingerprint density at radius 2 is 1.20 bits per heavy atom. The van der Waals surface area contributed by atoms with Gasteiger partial charge < -0.3 is 6.15 Å². The average Bonchev–Trinajstić information content (AvgIpc) is 0.918. The van der Waals surface area contributed by atoms with Gasteiger partial charge in [-0.2, -0.15) is 0 Å². The van der Waals surface area contributed by atoms with E-state index in [0.717, 1.165) is 0 Å². The maximum Gasteiger partial charge on any atom is 2.00 e. The summed E-state index contributed by atoms with van der Waals surface area (Å²) in [4.78, 5) is 0. The SMILES string of the molecule is FOF.N.[Mg+2]. The molecule has 0 amide bonds. The summed E-state index contributed by atoms with van der Waals surface area (Å²) in [6, 6.07) is 0. The van der Waals surface area contributed by atoms with Crippen LogP contribution in [0.5, 0.6) is 0 Å². The van der Waals surface area contributed by atoms with Crippen LogP contribution in [0.2, 0.25) is 0 Å². The fourth-order valence-corrected chi connectivity index (χ4v) is 0. The zero-order chi connectivity index (χ0) is 2.71. The first-order chi connectivity index (χ1) is 1.41. The van der Waals surface area contributed by atoms with Gasteiger partial charge in [0.15, 0.2) is 0 Å². The van der Waals surface area contributed by atoms with Crippen molar-refractivity contribution in [2.75, 3.05) is 0 Å². The first kappa shape index (κ1) is 17.7. The Balaban J connectivity index is -0.0000000200. The first-order valence-corrected chi connectivity index (χ1v) is 0.309. The number of hydrogen-bond acceptors (Lipinski definition) is 2. The van der Waals surface area contributed by atoms with Gasteiger partial charge in [0.1, 0.15) is 0 Å². The van der Waals surface area contributed by atoms with Crippen LogP contribution in [0.4, 0.5) is 9.05 Å². The molecule has 0 aromatic heterocycles. The van der Waals surface area contributed by atoms with E-state index in [4.69, 9.17) is 9.05 Å². The first-order valence-electron chi connectivity index (χ1n) is 0.309. The van der Waals surface area contributed by atoms with E-state index in [1.807, 2.05) is 0 Å². The Bertz CT molecular complexity index is 9.61. The van der Waals surface area contributed by atoms with Gasteiger partial charge in [0.25, 0.3) is 0 Å². The van der Waals surface area contributed by atoms with E-state index in [0.29, 0.717) is 0 Å². The standard InChI is InChI=1S/F2O.Mg.H3N/c1-3-2;;/h;;1H3/q;+2;. The monoisotopic (exact) mass is 95.0 g/mol. The van der Waals surface area contributed by atoms with Crippen molar-refractivity contribution in [1.29, 1.82) is 0 Å². The van der Waals surface area contributed by atoms with E-state index in [9.17, 15) is 0 Å². The molecular weight excluding hydrogens is 92.3 g/mol. The largest absolute Gasteiger partial charge is 2.00 e. The van der Waals surface area contributed by atoms with Crippen LogP contribution < -0.4 is 6.15 Å². The van der Waals surface area contributed by atoms with Crippen LogP contribution in [0.15, 0.2) is 0 Å². The van der Waals surface area contributed by atoms with Crippen molar-refractivity contribution in [2.45, 2.75) is 0 Å². The second-order valence-electron chi connectivity index (χ2n) is 0.0583. The molecule has 0 saturated carbocycles. The predicted octanol–water partition coefficient (Wildman–Crippen LogP) is 0.553. The van der Waals surface area contributed by atoms with Crippen molar-refractivity contribution in [3.05, 3.63) is 0 Å². The topological polar surface area (TPSA) is 44.2 Å². The van der Waals surface area contributed by atoms with Crippen LogP contribution >= 0.6 is 0 Å². The number of halogens is 2. The summed E-state index contributed by atoms with van der Waals surface area (Å²) in [5.41, 5.74) is 0. The smallest absolute Gasteiger partial charge is 0.344 e. The van der Waals surface area contributed by atoms with Gasteiger partial charge in [-0.3, -0.25) is 0 Å². The molecule has 0 aromatic rings. The molecule has 28 valence electrons. The molecular formula is H3F2MgNO+2. The zero-order valence-corrected chi connectivity index (χ0v) is 3.99. The van der Waals surface area contributed by atoms with Gasteiger partial charge in [-0.05, 0) is 9.05 Å². The Kier molecular flexibility index (Phi) is 84.6. The molecule has 0 atom stereocenters. The molecule has 0 unspecified atom stereocenters. The van der Waals surface area contributed by atoms with Crippen LogP contribution in [0.25, 0.3) is 0 Å². The molecule has 0 spiro atoms. The minimum absolute atomic E-state index is 0. The predicted molar refractivity (Wildman–Crippen MR) is 14.1 cm³/mol. The summed E-state index contributed by atoms with van der Waals surface area (Å²) in [6.07, 6.45) is 0. The van der Waals surface area contributed by atoms with E-state index in [2.05, 4.69) is 0 Å². The molecule has 0 aromatic carbocycles. The van der Waals surface area contributed by atoms with Crippen molar-refractivity contribution in [2.24, 2.45) is 0 Å². The van der Waals surface area contributed by atoms with Gasteiger partial charge in [-0.25, -0.2) is 0 Å². The van der Waals surface area contributed by atoms with Gasteiger partial charge in [0.2, 0.25) is 0 Å². The van der Waals surface area contributed by atoms with Gasteiger partial charge in [0, 0.05) is 5.15 Å². The third kappa shape index (κ3) is 98.8. The summed E-state index contributed by atoms with van der Waals surface area (Å²) in [5, 5.41) is 1.25. The Morgan fingerprint density at radius 1 is 1.20 bits per heavy atom. The maximum absolute atomic E-state index is 9.12. The Morgan fingerprint density at radius 3 is 1.20 bits per heavy atom. The molecule has 0 aliphatic rings. The quantitative estimate of drug-likeness (QED) is 0.447. The van der Waals surface area contributed by atoms with Crippen molar-refractivity contribution in [1.82, 2.24) is 6.15 Å². The van der Waals surface area contributed by atoms with Crippen LogP contribution in [-0.4, -0.2) is 23.1 Å². The van der Waals surface area contributed by atoms with E-state index >= 15 is 0 Å². The fourth-order valence-electron chi connectivity index (χ4n) is 0. The maximum atomic E-state index is 9.12. The minimum atomic E-state index is 0. The van der Waals surface area contributed by atoms with Crippen LogP contribution in [0, 0.1) is 0 Å². The van der Waals surface area contributed by atoms with Crippen molar-refractivity contribution >= 4 is 23.1 Å². The summed E-state index contributed by atoms with van der Waals surface area (Å²) in [6.45, 7) is 0. The van der Waals surface area contributed by atoms with Crippen LogP contribution in [0.1, 0.15) is 0 Å². The van der Waals surface area contributed by atoms with Crippen molar-refractivity contribution in [3.63, 3.8) is 0 Å². The third-order valence-electron chi connectivity index (χ3n) is 0. The molecule has 0 heterocycles. The summed E-state index contributed by atoms with van der Waals surface area (Å²) >= 11 is 0. The van der Waals surface area contributed by atoms with Gasteiger partial charge in [-0.15, -0.1) is 0 Å². The third-order valence-corrected chi connectivity index (χ3v) is 0. The molecule has 0 rings (SSSR count). The van der Waals surface area contributed by atoms with E-state index in [1.165, 1.54) is 5.15 Å². The molecule has 0 aliphatic heterocycles. The van der Waals surface area contributed by atoms with Crippen molar-refractivity contribution < 1.29 is 14.2 Å². The Labute approximate surface area is 44.0 Å². The fraction of sp³-hybridized carbons (Fsp3) is 0. The summed E-state index contributed by atoms with van der Waals surface area (Å²) < 4.78 is 18.2. The van der Waals surface area contributed by atoms with E-state index in [1.54, 1.807) is 0 Å². The second kappa shape index (κ2) is 23.9. The molecule has 3 N–H and O–H groups in total. The van der Waals surface area contributed by atoms with Crippen LogP contribution in [-0.2, 0) is 5.15 Å². The molecule has 5 heavy (non-hydrogen) atoms. The summed E-state index contributed by atoms with van der Waals surface area (Å²) in [5.74, 6) is 0. The normalized spacial score (nSPS) is 3.60. The van der Waals surface area contributed by atoms with Crippen molar-refractivity contribution in [3.8, 4) is 0 Å². The Hall–Kier alpha value is 0.546. The number of hydrogen-bond donors (Lipinski definition) is 1. The molecule has 0 fully saturated rings. The minimum Gasteiger partial charge on any atom is -0.344 e. The molecule has 0 radical (unpaired) electrons. The number of rotatable bonds is 0.